The Bertz CT molecular complexity index is 776. The third-order valence-corrected chi connectivity index (χ3v) is 6.03. The zero-order valence-corrected chi connectivity index (χ0v) is 13.7. The molecule has 0 spiro atoms. The van der Waals surface area contributed by atoms with Crippen molar-refractivity contribution < 1.29 is 27.9 Å². The summed E-state index contributed by atoms with van der Waals surface area (Å²) < 4.78 is 29.9. The smallest absolute Gasteiger partial charge is 0.330 e. The van der Waals surface area contributed by atoms with Gasteiger partial charge >= 0.3 is 5.97 Å². The third-order valence-electron chi connectivity index (χ3n) is 4.12. The fraction of sp³-hybridized carbons (Fsp3) is 0.467. The SMILES string of the molecule is O=C(CN1CCCS1(=O)=O)NC(C(=O)O)c1ccc2c(c1)CCO2. The summed E-state index contributed by atoms with van der Waals surface area (Å²) in [7, 11) is -3.40. The van der Waals surface area contributed by atoms with Gasteiger partial charge in [-0.1, -0.05) is 6.07 Å². The highest BCUT2D eigenvalue weighted by atomic mass is 32.2. The Morgan fingerprint density at radius 3 is 2.83 bits per heavy atom. The lowest BCUT2D eigenvalue weighted by atomic mass is 10.0. The summed E-state index contributed by atoms with van der Waals surface area (Å²) >= 11 is 0. The van der Waals surface area contributed by atoms with Crippen molar-refractivity contribution in [3.63, 3.8) is 0 Å². The molecular weight excluding hydrogens is 336 g/mol. The molecule has 1 amide bonds. The second kappa shape index (κ2) is 6.40. The van der Waals surface area contributed by atoms with Crippen LogP contribution in [0.15, 0.2) is 18.2 Å². The molecule has 1 unspecified atom stereocenters. The van der Waals surface area contributed by atoms with E-state index in [4.69, 9.17) is 4.74 Å². The molecule has 0 saturated carbocycles. The predicted molar refractivity (Wildman–Crippen MR) is 84.1 cm³/mol. The van der Waals surface area contributed by atoms with Gasteiger partial charge < -0.3 is 15.2 Å². The molecule has 2 N–H and O–H groups in total. The van der Waals surface area contributed by atoms with Crippen LogP contribution in [0.3, 0.4) is 0 Å². The first-order valence-electron chi connectivity index (χ1n) is 7.62. The van der Waals surface area contributed by atoms with Gasteiger partial charge in [0.25, 0.3) is 0 Å². The zero-order chi connectivity index (χ0) is 17.3. The molecule has 0 bridgehead atoms. The average molecular weight is 354 g/mol. The van der Waals surface area contributed by atoms with E-state index in [9.17, 15) is 23.1 Å². The summed E-state index contributed by atoms with van der Waals surface area (Å²) in [6.07, 6.45) is 1.16. The number of rotatable bonds is 5. The van der Waals surface area contributed by atoms with Gasteiger partial charge in [0, 0.05) is 13.0 Å². The van der Waals surface area contributed by atoms with E-state index in [1.54, 1.807) is 18.2 Å². The molecule has 9 heteroatoms. The molecule has 1 aromatic carbocycles. The van der Waals surface area contributed by atoms with E-state index < -0.39 is 27.9 Å². The first kappa shape index (κ1) is 16.7. The number of carbonyl (C=O) groups excluding carboxylic acids is 1. The zero-order valence-electron chi connectivity index (χ0n) is 12.9. The maximum Gasteiger partial charge on any atom is 0.330 e. The Hall–Kier alpha value is -2.13. The minimum absolute atomic E-state index is 0.0213. The van der Waals surface area contributed by atoms with E-state index in [0.717, 1.165) is 15.6 Å². The first-order chi connectivity index (χ1) is 11.4. The molecule has 130 valence electrons. The summed E-state index contributed by atoms with van der Waals surface area (Å²) in [5, 5.41) is 11.8. The van der Waals surface area contributed by atoms with Crippen molar-refractivity contribution >= 4 is 21.9 Å². The standard InChI is InChI=1S/C15H18N2O6S/c18-13(9-17-5-1-7-24(17,21)22)16-14(15(19)20)11-2-3-12-10(8-11)4-6-23-12/h2-3,8,14H,1,4-7,9H2,(H,16,18)(H,19,20). The van der Waals surface area contributed by atoms with Gasteiger partial charge in [0.05, 0.1) is 18.9 Å². The molecule has 1 aromatic rings. The lowest BCUT2D eigenvalue weighted by Crippen LogP contribution is -2.41. The van der Waals surface area contributed by atoms with Crippen LogP contribution in [0.25, 0.3) is 0 Å². The fourth-order valence-corrected chi connectivity index (χ4v) is 4.38. The molecular formula is C15H18N2O6S. The van der Waals surface area contributed by atoms with Gasteiger partial charge in [0.2, 0.25) is 15.9 Å². The van der Waals surface area contributed by atoms with Crippen LogP contribution in [-0.2, 0) is 26.0 Å². The number of nitrogens with one attached hydrogen (secondary N) is 1. The highest BCUT2D eigenvalue weighted by molar-refractivity contribution is 7.89. The molecule has 1 fully saturated rings. The second-order valence-corrected chi connectivity index (χ2v) is 7.90. The van der Waals surface area contributed by atoms with E-state index >= 15 is 0 Å². The van der Waals surface area contributed by atoms with E-state index in [-0.39, 0.29) is 18.8 Å². The van der Waals surface area contributed by atoms with E-state index in [0.29, 0.717) is 25.0 Å². The summed E-state index contributed by atoms with van der Waals surface area (Å²) in [6.45, 7) is 0.472. The number of hydrogen-bond acceptors (Lipinski definition) is 5. The van der Waals surface area contributed by atoms with Crippen LogP contribution in [0.5, 0.6) is 5.75 Å². The summed E-state index contributed by atoms with van der Waals surface area (Å²) in [5.41, 5.74) is 1.33. The van der Waals surface area contributed by atoms with Crippen molar-refractivity contribution in [2.45, 2.75) is 18.9 Å². The highest BCUT2D eigenvalue weighted by Crippen LogP contribution is 2.28. The normalized spacial score (nSPS) is 20.2. The fourth-order valence-electron chi connectivity index (χ4n) is 2.91. The van der Waals surface area contributed by atoms with E-state index in [1.165, 1.54) is 0 Å². The minimum atomic E-state index is -3.40. The second-order valence-electron chi connectivity index (χ2n) is 5.81. The Kier molecular flexibility index (Phi) is 4.46. The maximum atomic E-state index is 12.1. The molecule has 2 heterocycles. The molecule has 0 aliphatic carbocycles. The topological polar surface area (TPSA) is 113 Å². The third kappa shape index (κ3) is 3.36. The minimum Gasteiger partial charge on any atom is -0.493 e. The van der Waals surface area contributed by atoms with Crippen LogP contribution in [0.4, 0.5) is 0 Å². The van der Waals surface area contributed by atoms with Crippen molar-refractivity contribution in [3.05, 3.63) is 29.3 Å². The molecule has 1 atom stereocenters. The van der Waals surface area contributed by atoms with Crippen LogP contribution >= 0.6 is 0 Å². The quantitative estimate of drug-likeness (QED) is 0.763. The molecule has 24 heavy (non-hydrogen) atoms. The number of sulfonamides is 1. The predicted octanol–water partition coefficient (Wildman–Crippen LogP) is -0.101. The van der Waals surface area contributed by atoms with Crippen LogP contribution in [0.2, 0.25) is 0 Å². The van der Waals surface area contributed by atoms with Gasteiger partial charge in [-0.2, -0.15) is 4.31 Å². The van der Waals surface area contributed by atoms with Gasteiger partial charge in [-0.05, 0) is 29.7 Å². The number of nitrogens with zero attached hydrogens (tertiary/aromatic N) is 1. The summed E-state index contributed by atoms with van der Waals surface area (Å²) in [6, 6.07) is 3.75. The van der Waals surface area contributed by atoms with Crippen LogP contribution in [0.1, 0.15) is 23.6 Å². The number of carbonyl (C=O) groups is 2. The molecule has 1 saturated heterocycles. The van der Waals surface area contributed by atoms with E-state index in [2.05, 4.69) is 5.32 Å². The summed E-state index contributed by atoms with van der Waals surface area (Å²) in [5.74, 6) is -1.10. The lowest BCUT2D eigenvalue weighted by Gasteiger charge is -2.18. The van der Waals surface area contributed by atoms with Crippen LogP contribution in [-0.4, -0.2) is 55.2 Å². The Labute approximate surface area is 139 Å². The maximum absolute atomic E-state index is 12.1. The molecule has 8 nitrogen and oxygen atoms in total. The number of amides is 1. The Morgan fingerprint density at radius 2 is 2.17 bits per heavy atom. The molecule has 0 radical (unpaired) electrons. The van der Waals surface area contributed by atoms with Crippen molar-refractivity contribution in [3.8, 4) is 5.75 Å². The number of aliphatic carboxylic acids is 1. The number of ether oxygens (including phenoxy) is 1. The van der Waals surface area contributed by atoms with Crippen molar-refractivity contribution in [1.29, 1.82) is 0 Å². The Morgan fingerprint density at radius 1 is 1.38 bits per heavy atom. The number of benzene rings is 1. The average Bonchev–Trinajstić information content (AvgIpc) is 3.10. The van der Waals surface area contributed by atoms with E-state index in [1.807, 2.05) is 0 Å². The number of fused-ring (bicyclic) bond motifs is 1. The van der Waals surface area contributed by atoms with Gasteiger partial charge in [0.1, 0.15) is 5.75 Å². The van der Waals surface area contributed by atoms with Crippen molar-refractivity contribution in [2.75, 3.05) is 25.4 Å². The van der Waals surface area contributed by atoms with Crippen molar-refractivity contribution in [2.24, 2.45) is 0 Å². The summed E-state index contributed by atoms with van der Waals surface area (Å²) in [4.78, 5) is 23.6. The molecule has 2 aliphatic heterocycles. The van der Waals surface area contributed by atoms with Crippen molar-refractivity contribution in [1.82, 2.24) is 9.62 Å². The molecule has 0 aromatic heterocycles. The van der Waals surface area contributed by atoms with Gasteiger partial charge in [-0.3, -0.25) is 4.79 Å². The molecule has 3 rings (SSSR count). The van der Waals surface area contributed by atoms with Gasteiger partial charge in [-0.15, -0.1) is 0 Å². The number of carboxylic acids is 1. The molecule has 2 aliphatic rings. The van der Waals surface area contributed by atoms with Crippen LogP contribution in [0, 0.1) is 0 Å². The largest absolute Gasteiger partial charge is 0.493 e. The first-order valence-corrected chi connectivity index (χ1v) is 9.23. The Balaban J connectivity index is 1.72. The van der Waals surface area contributed by atoms with Gasteiger partial charge in [0.15, 0.2) is 6.04 Å². The number of carboxylic acid groups (broad SMARTS) is 1. The van der Waals surface area contributed by atoms with Gasteiger partial charge in [-0.25, -0.2) is 13.2 Å². The lowest BCUT2D eigenvalue weighted by molar-refractivity contribution is -0.142. The van der Waals surface area contributed by atoms with Crippen LogP contribution < -0.4 is 10.1 Å². The highest BCUT2D eigenvalue weighted by Gasteiger charge is 2.31. The number of hydrogen-bond donors (Lipinski definition) is 2. The monoisotopic (exact) mass is 354 g/mol.